The van der Waals surface area contributed by atoms with Gasteiger partial charge in [0.25, 0.3) is 0 Å². The summed E-state index contributed by atoms with van der Waals surface area (Å²) in [6.45, 7) is 5.74. The van der Waals surface area contributed by atoms with Crippen LogP contribution in [0.1, 0.15) is 19.8 Å². The van der Waals surface area contributed by atoms with Crippen molar-refractivity contribution in [1.82, 2.24) is 0 Å². The molecular weight excluding hydrogens is 222 g/mol. The van der Waals surface area contributed by atoms with Crippen LogP contribution in [0.3, 0.4) is 0 Å². The van der Waals surface area contributed by atoms with Crippen LogP contribution in [0.2, 0.25) is 0 Å². The van der Waals surface area contributed by atoms with E-state index >= 15 is 0 Å². The predicted octanol–water partition coefficient (Wildman–Crippen LogP) is 3.56. The molecule has 2 heteroatoms. The molecule has 0 aliphatic heterocycles. The molecule has 0 radical (unpaired) electrons. The molecule has 18 heavy (non-hydrogen) atoms. The van der Waals surface area contributed by atoms with E-state index in [1.165, 1.54) is 0 Å². The molecule has 94 valence electrons. The van der Waals surface area contributed by atoms with Gasteiger partial charge < -0.3 is 4.90 Å². The van der Waals surface area contributed by atoms with Gasteiger partial charge in [-0.15, -0.1) is 6.58 Å². The maximum Gasteiger partial charge on any atom is 0.169 e. The molecule has 1 aromatic rings. The van der Waals surface area contributed by atoms with Crippen molar-refractivity contribution in [3.05, 3.63) is 54.8 Å². The van der Waals surface area contributed by atoms with Crippen molar-refractivity contribution < 1.29 is 4.79 Å². The van der Waals surface area contributed by atoms with Crippen molar-refractivity contribution >= 4 is 11.5 Å². The number of nitrogens with zero attached hydrogens (tertiary/aromatic N) is 1. The highest BCUT2D eigenvalue weighted by Crippen LogP contribution is 2.38. The van der Waals surface area contributed by atoms with Crippen LogP contribution < -0.4 is 4.90 Å². The Kier molecular flexibility index (Phi) is 3.37. The first-order valence-corrected chi connectivity index (χ1v) is 6.24. The predicted molar refractivity (Wildman–Crippen MR) is 75.5 cm³/mol. The molecule has 0 saturated heterocycles. The summed E-state index contributed by atoms with van der Waals surface area (Å²) in [5, 5.41) is 0. The zero-order valence-corrected chi connectivity index (χ0v) is 11.0. The first-order chi connectivity index (χ1) is 8.57. The maximum atomic E-state index is 12.3. The van der Waals surface area contributed by atoms with E-state index < -0.39 is 0 Å². The molecule has 1 unspecified atom stereocenters. The van der Waals surface area contributed by atoms with E-state index in [0.29, 0.717) is 0 Å². The van der Waals surface area contributed by atoms with Crippen molar-refractivity contribution in [2.24, 2.45) is 5.41 Å². The monoisotopic (exact) mass is 241 g/mol. The standard InChI is InChI=1S/C16H19NO/c1-4-16(2)11-10-13(15(16)18)12-17(3)14-8-6-5-7-9-14/h4-9,12H,1,10-11H2,2-3H3. The minimum Gasteiger partial charge on any atom is -0.351 e. The van der Waals surface area contributed by atoms with Crippen molar-refractivity contribution in [1.29, 1.82) is 0 Å². The van der Waals surface area contributed by atoms with E-state index in [4.69, 9.17) is 0 Å². The summed E-state index contributed by atoms with van der Waals surface area (Å²) >= 11 is 0. The third kappa shape index (κ3) is 2.23. The number of carbonyl (C=O) groups is 1. The molecule has 1 aromatic carbocycles. The van der Waals surface area contributed by atoms with Crippen LogP contribution in [0.25, 0.3) is 0 Å². The van der Waals surface area contributed by atoms with Crippen LogP contribution >= 0.6 is 0 Å². The van der Waals surface area contributed by atoms with Gasteiger partial charge in [0.05, 0.1) is 0 Å². The normalized spacial score (nSPS) is 25.4. The molecule has 1 atom stereocenters. The smallest absolute Gasteiger partial charge is 0.169 e. The Morgan fingerprint density at radius 2 is 2.00 bits per heavy atom. The molecule has 0 amide bonds. The van der Waals surface area contributed by atoms with Gasteiger partial charge in [-0.2, -0.15) is 0 Å². The SMILES string of the molecule is C=CC1(C)CCC(=CN(C)c2ccccc2)C1=O. The quantitative estimate of drug-likeness (QED) is 0.595. The summed E-state index contributed by atoms with van der Waals surface area (Å²) in [5.41, 5.74) is 1.61. The lowest BCUT2D eigenvalue weighted by molar-refractivity contribution is -0.120. The number of rotatable bonds is 3. The summed E-state index contributed by atoms with van der Waals surface area (Å²) < 4.78 is 0. The number of allylic oxidation sites excluding steroid dienone is 2. The highest BCUT2D eigenvalue weighted by molar-refractivity contribution is 6.03. The summed E-state index contributed by atoms with van der Waals surface area (Å²) in [5.74, 6) is 0.209. The second-order valence-corrected chi connectivity index (χ2v) is 5.05. The molecule has 0 heterocycles. The van der Waals surface area contributed by atoms with Gasteiger partial charge in [-0.25, -0.2) is 0 Å². The number of benzene rings is 1. The van der Waals surface area contributed by atoms with E-state index in [-0.39, 0.29) is 11.2 Å². The van der Waals surface area contributed by atoms with Crippen LogP contribution in [-0.2, 0) is 4.79 Å². The van der Waals surface area contributed by atoms with Crippen molar-refractivity contribution in [3.8, 4) is 0 Å². The van der Waals surface area contributed by atoms with Crippen LogP contribution in [0.4, 0.5) is 5.69 Å². The number of para-hydroxylation sites is 1. The molecule has 1 aliphatic carbocycles. The van der Waals surface area contributed by atoms with Gasteiger partial charge >= 0.3 is 0 Å². The molecule has 2 nitrogen and oxygen atoms in total. The number of anilines is 1. The summed E-state index contributed by atoms with van der Waals surface area (Å²) in [4.78, 5) is 14.3. The van der Waals surface area contributed by atoms with E-state index in [9.17, 15) is 4.79 Å². The third-order valence-electron chi connectivity index (χ3n) is 3.69. The van der Waals surface area contributed by atoms with Crippen molar-refractivity contribution in [2.75, 3.05) is 11.9 Å². The number of ketones is 1. The van der Waals surface area contributed by atoms with Gasteiger partial charge in [-0.1, -0.05) is 24.3 Å². The second-order valence-electron chi connectivity index (χ2n) is 5.05. The number of hydrogen-bond donors (Lipinski definition) is 0. The van der Waals surface area contributed by atoms with Gasteiger partial charge in [0.15, 0.2) is 5.78 Å². The minimum atomic E-state index is -0.372. The Labute approximate surface area is 109 Å². The van der Waals surface area contributed by atoms with E-state index in [2.05, 4.69) is 6.58 Å². The zero-order valence-electron chi connectivity index (χ0n) is 11.0. The first kappa shape index (κ1) is 12.6. The fraction of sp³-hybridized carbons (Fsp3) is 0.312. The van der Waals surface area contributed by atoms with Crippen molar-refractivity contribution in [2.45, 2.75) is 19.8 Å². The number of hydrogen-bond acceptors (Lipinski definition) is 2. The third-order valence-corrected chi connectivity index (χ3v) is 3.69. The average molecular weight is 241 g/mol. The van der Waals surface area contributed by atoms with E-state index in [1.54, 1.807) is 6.08 Å². The average Bonchev–Trinajstić information content (AvgIpc) is 2.69. The lowest BCUT2D eigenvalue weighted by Crippen LogP contribution is -2.20. The lowest BCUT2D eigenvalue weighted by Gasteiger charge is -2.17. The lowest BCUT2D eigenvalue weighted by atomic mass is 9.88. The molecule has 0 N–H and O–H groups in total. The summed E-state index contributed by atoms with van der Waals surface area (Å²) in [7, 11) is 1.97. The summed E-state index contributed by atoms with van der Waals surface area (Å²) in [6.07, 6.45) is 5.42. The Hall–Kier alpha value is -1.83. The van der Waals surface area contributed by atoms with Crippen LogP contribution in [0.15, 0.2) is 54.8 Å². The first-order valence-electron chi connectivity index (χ1n) is 6.24. The highest BCUT2D eigenvalue weighted by Gasteiger charge is 2.38. The molecule has 1 saturated carbocycles. The van der Waals surface area contributed by atoms with Gasteiger partial charge in [-0.05, 0) is 31.9 Å². The molecular formula is C16H19NO. The van der Waals surface area contributed by atoms with Gasteiger partial charge in [0, 0.05) is 29.9 Å². The van der Waals surface area contributed by atoms with E-state index in [1.807, 2.05) is 55.4 Å². The van der Waals surface area contributed by atoms with E-state index in [0.717, 1.165) is 24.1 Å². The molecule has 1 fully saturated rings. The molecule has 1 aliphatic rings. The van der Waals surface area contributed by atoms with Crippen molar-refractivity contribution in [3.63, 3.8) is 0 Å². The molecule has 2 rings (SSSR count). The topological polar surface area (TPSA) is 20.3 Å². The Morgan fingerprint density at radius 3 is 2.56 bits per heavy atom. The largest absolute Gasteiger partial charge is 0.351 e. The fourth-order valence-corrected chi connectivity index (χ4v) is 2.28. The van der Waals surface area contributed by atoms with Gasteiger partial charge in [-0.3, -0.25) is 4.79 Å². The zero-order chi connectivity index (χ0) is 13.2. The van der Waals surface area contributed by atoms with Gasteiger partial charge in [0.2, 0.25) is 0 Å². The minimum absolute atomic E-state index is 0.209. The molecule has 0 spiro atoms. The molecule has 0 aromatic heterocycles. The Balaban J connectivity index is 2.21. The number of carbonyl (C=O) groups excluding carboxylic acids is 1. The van der Waals surface area contributed by atoms with Gasteiger partial charge in [0.1, 0.15) is 0 Å². The fourth-order valence-electron chi connectivity index (χ4n) is 2.28. The van der Waals surface area contributed by atoms with Crippen LogP contribution in [-0.4, -0.2) is 12.8 Å². The van der Waals surface area contributed by atoms with Crippen LogP contribution in [0.5, 0.6) is 0 Å². The van der Waals surface area contributed by atoms with Crippen LogP contribution in [0, 0.1) is 5.41 Å². The maximum absolute atomic E-state index is 12.3. The second kappa shape index (κ2) is 4.81. The Bertz CT molecular complexity index is 489. The number of Topliss-reactive ketones (excluding diaryl/α,β-unsaturated/α-hetero) is 1. The summed E-state index contributed by atoms with van der Waals surface area (Å²) in [6, 6.07) is 10.0. The molecule has 0 bridgehead atoms. The Morgan fingerprint density at radius 1 is 1.33 bits per heavy atom. The highest BCUT2D eigenvalue weighted by atomic mass is 16.1.